The average Bonchev–Trinajstić information content (AvgIpc) is 3.23. The van der Waals surface area contributed by atoms with Crippen molar-refractivity contribution in [3.63, 3.8) is 0 Å². The molecule has 2 N–H and O–H groups in total. The number of ether oxygens (including phenoxy) is 2. The van der Waals surface area contributed by atoms with Gasteiger partial charge in [0.05, 0.1) is 19.9 Å². The Bertz CT molecular complexity index is 1140. The molecule has 0 unspecified atom stereocenters. The van der Waals surface area contributed by atoms with Crippen LogP contribution in [0.4, 0.5) is 5.69 Å². The number of furan rings is 1. The van der Waals surface area contributed by atoms with Crippen LogP contribution in [0.15, 0.2) is 59.0 Å². The number of hydrogen-bond acceptors (Lipinski definition) is 5. The zero-order valence-electron chi connectivity index (χ0n) is 17.2. The first-order valence-corrected chi connectivity index (χ1v) is 10.1. The standard InChI is InChI=1S/C23H21ClN2O4S/c1-14-4-5-15(12-18(14)24)20-10-7-16(30-20)8-11-22(27)26-23(31)25-19-9-6-17(28-2)13-21(19)29-3/h4-13H,1-3H3,(H2,25,26,27,31)/b11-8+. The van der Waals surface area contributed by atoms with E-state index in [1.54, 1.807) is 37.5 Å². The molecule has 0 aliphatic rings. The van der Waals surface area contributed by atoms with Crippen LogP contribution in [0.5, 0.6) is 11.5 Å². The third kappa shape index (κ3) is 5.87. The van der Waals surface area contributed by atoms with Crippen LogP contribution >= 0.6 is 23.8 Å². The van der Waals surface area contributed by atoms with Gasteiger partial charge in [-0.15, -0.1) is 0 Å². The first-order valence-electron chi connectivity index (χ1n) is 9.28. The van der Waals surface area contributed by atoms with E-state index in [0.717, 1.165) is 11.1 Å². The molecule has 0 spiro atoms. The Hall–Kier alpha value is -3.29. The monoisotopic (exact) mass is 456 g/mol. The average molecular weight is 457 g/mol. The van der Waals surface area contributed by atoms with Crippen molar-refractivity contribution in [2.45, 2.75) is 6.92 Å². The Balaban J connectivity index is 1.60. The highest BCUT2D eigenvalue weighted by Gasteiger charge is 2.09. The number of nitrogens with one attached hydrogen (secondary N) is 2. The first-order chi connectivity index (χ1) is 14.9. The van der Waals surface area contributed by atoms with Crippen molar-refractivity contribution in [3.05, 3.63) is 71.0 Å². The van der Waals surface area contributed by atoms with Gasteiger partial charge in [-0.3, -0.25) is 10.1 Å². The molecule has 1 heterocycles. The normalized spacial score (nSPS) is 10.7. The van der Waals surface area contributed by atoms with Crippen LogP contribution in [0.25, 0.3) is 17.4 Å². The molecule has 0 bridgehead atoms. The van der Waals surface area contributed by atoms with E-state index < -0.39 is 5.91 Å². The molecule has 3 rings (SSSR count). The summed E-state index contributed by atoms with van der Waals surface area (Å²) >= 11 is 11.4. The van der Waals surface area contributed by atoms with E-state index in [1.165, 1.54) is 13.2 Å². The predicted octanol–water partition coefficient (Wildman–Crippen LogP) is 5.45. The number of halogens is 1. The van der Waals surface area contributed by atoms with Gasteiger partial charge in [0.15, 0.2) is 5.11 Å². The molecule has 3 aromatic rings. The number of carbonyl (C=O) groups excluding carboxylic acids is 1. The van der Waals surface area contributed by atoms with Crippen molar-refractivity contribution in [2.24, 2.45) is 0 Å². The lowest BCUT2D eigenvalue weighted by atomic mass is 10.1. The molecule has 1 amide bonds. The Kier molecular flexibility index (Phi) is 7.33. The summed E-state index contributed by atoms with van der Waals surface area (Å²) in [5.74, 6) is 1.96. The molecule has 0 aliphatic carbocycles. The van der Waals surface area contributed by atoms with Gasteiger partial charge in [-0.05, 0) is 61.1 Å². The minimum atomic E-state index is -0.402. The fraction of sp³-hybridized carbons (Fsp3) is 0.130. The van der Waals surface area contributed by atoms with Crippen LogP contribution < -0.4 is 20.1 Å². The van der Waals surface area contributed by atoms with Crippen LogP contribution in [0.1, 0.15) is 11.3 Å². The van der Waals surface area contributed by atoms with Crippen LogP contribution in [0.2, 0.25) is 5.02 Å². The second-order valence-electron chi connectivity index (χ2n) is 6.51. The van der Waals surface area contributed by atoms with Gasteiger partial charge in [0.1, 0.15) is 23.0 Å². The van der Waals surface area contributed by atoms with Crippen molar-refractivity contribution in [1.82, 2.24) is 5.32 Å². The molecule has 6 nitrogen and oxygen atoms in total. The van der Waals surface area contributed by atoms with Gasteiger partial charge in [0, 0.05) is 22.7 Å². The van der Waals surface area contributed by atoms with Crippen molar-refractivity contribution in [1.29, 1.82) is 0 Å². The Labute approximate surface area is 190 Å². The maximum Gasteiger partial charge on any atom is 0.250 e. The van der Waals surface area contributed by atoms with Crippen molar-refractivity contribution < 1.29 is 18.7 Å². The third-order valence-electron chi connectivity index (χ3n) is 4.38. The fourth-order valence-electron chi connectivity index (χ4n) is 2.71. The Morgan fingerprint density at radius 1 is 1.10 bits per heavy atom. The lowest BCUT2D eigenvalue weighted by Gasteiger charge is -2.13. The molecule has 8 heteroatoms. The van der Waals surface area contributed by atoms with Crippen LogP contribution in [0, 0.1) is 6.92 Å². The number of hydrogen-bond donors (Lipinski definition) is 2. The van der Waals surface area contributed by atoms with Gasteiger partial charge in [0.2, 0.25) is 5.91 Å². The van der Waals surface area contributed by atoms with Gasteiger partial charge in [-0.25, -0.2) is 0 Å². The highest BCUT2D eigenvalue weighted by molar-refractivity contribution is 7.80. The van der Waals surface area contributed by atoms with Crippen LogP contribution in [-0.2, 0) is 4.79 Å². The zero-order chi connectivity index (χ0) is 22.4. The summed E-state index contributed by atoms with van der Waals surface area (Å²) < 4.78 is 16.2. The molecule has 0 aliphatic heterocycles. The highest BCUT2D eigenvalue weighted by Crippen LogP contribution is 2.29. The van der Waals surface area contributed by atoms with Crippen molar-refractivity contribution >= 4 is 46.6 Å². The second-order valence-corrected chi connectivity index (χ2v) is 7.32. The molecule has 160 valence electrons. The quantitative estimate of drug-likeness (QED) is 0.379. The number of carbonyl (C=O) groups is 1. The number of amides is 1. The summed E-state index contributed by atoms with van der Waals surface area (Å²) in [4.78, 5) is 12.2. The van der Waals surface area contributed by atoms with Crippen LogP contribution in [-0.4, -0.2) is 25.2 Å². The SMILES string of the molecule is COc1ccc(NC(=S)NC(=O)/C=C/c2ccc(-c3ccc(C)c(Cl)c3)o2)c(OC)c1. The molecule has 0 saturated heterocycles. The maximum atomic E-state index is 12.2. The van der Waals surface area contributed by atoms with Crippen molar-refractivity contribution in [2.75, 3.05) is 19.5 Å². The molecule has 31 heavy (non-hydrogen) atoms. The smallest absolute Gasteiger partial charge is 0.250 e. The van der Waals surface area contributed by atoms with Gasteiger partial charge >= 0.3 is 0 Å². The number of methoxy groups -OCH3 is 2. The third-order valence-corrected chi connectivity index (χ3v) is 4.99. The summed E-state index contributed by atoms with van der Waals surface area (Å²) in [6.45, 7) is 1.94. The van der Waals surface area contributed by atoms with E-state index in [2.05, 4.69) is 10.6 Å². The van der Waals surface area contributed by atoms with Gasteiger partial charge in [-0.2, -0.15) is 0 Å². The molecular weight excluding hydrogens is 436 g/mol. The molecule has 0 radical (unpaired) electrons. The van der Waals surface area contributed by atoms with Gasteiger partial charge in [0.25, 0.3) is 0 Å². The number of anilines is 1. The summed E-state index contributed by atoms with van der Waals surface area (Å²) in [5.41, 5.74) is 2.45. The minimum Gasteiger partial charge on any atom is -0.497 e. The topological polar surface area (TPSA) is 72.7 Å². The van der Waals surface area contributed by atoms with E-state index in [4.69, 9.17) is 37.7 Å². The summed E-state index contributed by atoms with van der Waals surface area (Å²) in [6, 6.07) is 14.5. The molecule has 0 fully saturated rings. The minimum absolute atomic E-state index is 0.132. The summed E-state index contributed by atoms with van der Waals surface area (Å²) in [5, 5.41) is 6.30. The van der Waals surface area contributed by atoms with E-state index >= 15 is 0 Å². The number of aryl methyl sites for hydroxylation is 1. The zero-order valence-corrected chi connectivity index (χ0v) is 18.8. The van der Waals surface area contributed by atoms with Gasteiger partial charge < -0.3 is 19.2 Å². The van der Waals surface area contributed by atoms with E-state index in [1.807, 2.05) is 31.2 Å². The lowest BCUT2D eigenvalue weighted by molar-refractivity contribution is -0.115. The summed E-state index contributed by atoms with van der Waals surface area (Å²) in [7, 11) is 3.10. The first kappa shape index (κ1) is 22.4. The number of thiocarbonyl (C=S) groups is 1. The molecule has 2 aromatic carbocycles. The van der Waals surface area contributed by atoms with E-state index in [-0.39, 0.29) is 5.11 Å². The van der Waals surface area contributed by atoms with Crippen LogP contribution in [0.3, 0.4) is 0 Å². The predicted molar refractivity (Wildman–Crippen MR) is 127 cm³/mol. The molecular formula is C23H21ClN2O4S. The highest BCUT2D eigenvalue weighted by atomic mass is 35.5. The second kappa shape index (κ2) is 10.1. The number of benzene rings is 2. The van der Waals surface area contributed by atoms with Crippen molar-refractivity contribution in [3.8, 4) is 22.8 Å². The molecule has 1 aromatic heterocycles. The molecule has 0 atom stereocenters. The largest absolute Gasteiger partial charge is 0.497 e. The lowest BCUT2D eigenvalue weighted by Crippen LogP contribution is -2.32. The Morgan fingerprint density at radius 3 is 2.61 bits per heavy atom. The fourth-order valence-corrected chi connectivity index (χ4v) is 3.10. The maximum absolute atomic E-state index is 12.2. The molecule has 0 saturated carbocycles. The van der Waals surface area contributed by atoms with E-state index in [9.17, 15) is 4.79 Å². The Morgan fingerprint density at radius 2 is 1.90 bits per heavy atom. The summed E-state index contributed by atoms with van der Waals surface area (Å²) in [6.07, 6.45) is 2.90. The number of rotatable bonds is 6. The van der Waals surface area contributed by atoms with E-state index in [0.29, 0.717) is 33.7 Å². The van der Waals surface area contributed by atoms with Gasteiger partial charge in [-0.1, -0.05) is 23.7 Å².